The van der Waals surface area contributed by atoms with Gasteiger partial charge < -0.3 is 16.4 Å². The van der Waals surface area contributed by atoms with Crippen molar-refractivity contribution in [2.45, 2.75) is 19.5 Å². The lowest BCUT2D eigenvalue weighted by Crippen LogP contribution is -2.33. The highest BCUT2D eigenvalue weighted by atomic mass is 16.2. The lowest BCUT2D eigenvalue weighted by molar-refractivity contribution is -0.117. The molecule has 0 saturated heterocycles. The number of fused-ring (bicyclic) bond motifs is 1. The first-order valence-electron chi connectivity index (χ1n) is 10.9. The van der Waals surface area contributed by atoms with Gasteiger partial charge in [0.15, 0.2) is 5.69 Å². The average Bonchev–Trinajstić information content (AvgIpc) is 2.86. The van der Waals surface area contributed by atoms with E-state index in [1.807, 2.05) is 37.3 Å². The van der Waals surface area contributed by atoms with Crippen molar-refractivity contribution in [2.75, 3.05) is 5.32 Å². The molecule has 0 aliphatic rings. The van der Waals surface area contributed by atoms with Crippen LogP contribution in [-0.4, -0.2) is 27.5 Å². The van der Waals surface area contributed by atoms with E-state index < -0.39 is 23.9 Å². The van der Waals surface area contributed by atoms with E-state index >= 15 is 0 Å². The monoisotopic (exact) mass is 469 g/mol. The number of primary amides is 1. The van der Waals surface area contributed by atoms with Gasteiger partial charge in [-0.05, 0) is 30.7 Å². The summed E-state index contributed by atoms with van der Waals surface area (Å²) in [5.74, 6) is -1.78. The molecule has 3 aromatic carbocycles. The smallest absolute Gasteiger partial charge is 0.275 e. The van der Waals surface area contributed by atoms with E-state index in [4.69, 9.17) is 5.73 Å². The van der Waals surface area contributed by atoms with Gasteiger partial charge in [0.25, 0.3) is 17.4 Å². The maximum absolute atomic E-state index is 12.9. The number of nitrogens with zero attached hydrogens (tertiary/aromatic N) is 2. The summed E-state index contributed by atoms with van der Waals surface area (Å²) in [7, 11) is 0. The van der Waals surface area contributed by atoms with Gasteiger partial charge in [-0.3, -0.25) is 19.2 Å². The van der Waals surface area contributed by atoms with Gasteiger partial charge in [-0.15, -0.1) is 0 Å². The van der Waals surface area contributed by atoms with Crippen molar-refractivity contribution in [3.05, 3.63) is 106 Å². The zero-order valence-corrected chi connectivity index (χ0v) is 18.9. The second-order valence-electron chi connectivity index (χ2n) is 7.92. The van der Waals surface area contributed by atoms with Crippen molar-refractivity contribution in [3.63, 3.8) is 0 Å². The summed E-state index contributed by atoms with van der Waals surface area (Å²) >= 11 is 0. The predicted octanol–water partition coefficient (Wildman–Crippen LogP) is 2.63. The van der Waals surface area contributed by atoms with E-state index in [0.29, 0.717) is 5.39 Å². The number of benzene rings is 3. The van der Waals surface area contributed by atoms with Crippen molar-refractivity contribution < 1.29 is 14.4 Å². The van der Waals surface area contributed by atoms with Crippen LogP contribution in [0, 0.1) is 0 Å². The molecule has 0 saturated carbocycles. The van der Waals surface area contributed by atoms with E-state index in [0.717, 1.165) is 10.2 Å². The number of nitrogens with one attached hydrogen (secondary N) is 2. The Balaban J connectivity index is 1.55. The number of amides is 3. The van der Waals surface area contributed by atoms with Gasteiger partial charge in [0, 0.05) is 5.39 Å². The third kappa shape index (κ3) is 5.09. The molecule has 1 heterocycles. The zero-order chi connectivity index (χ0) is 24.9. The molecule has 3 amide bonds. The summed E-state index contributed by atoms with van der Waals surface area (Å²) in [4.78, 5) is 50.4. The number of nitrogens with two attached hydrogens (primary N) is 1. The molecular formula is C26H23N5O4. The first-order chi connectivity index (χ1) is 16.8. The van der Waals surface area contributed by atoms with Crippen LogP contribution in [0.5, 0.6) is 0 Å². The fraction of sp³-hybridized carbons (Fsp3) is 0.115. The van der Waals surface area contributed by atoms with Crippen LogP contribution in [0.2, 0.25) is 0 Å². The molecule has 4 rings (SSSR count). The Morgan fingerprint density at radius 3 is 2.26 bits per heavy atom. The zero-order valence-electron chi connectivity index (χ0n) is 18.9. The number of anilines is 1. The van der Waals surface area contributed by atoms with Gasteiger partial charge >= 0.3 is 0 Å². The second kappa shape index (κ2) is 10.0. The van der Waals surface area contributed by atoms with Crippen molar-refractivity contribution >= 4 is 34.2 Å². The minimum atomic E-state index is -0.815. The molecule has 0 spiro atoms. The van der Waals surface area contributed by atoms with Gasteiger partial charge in [-0.25, -0.2) is 4.68 Å². The summed E-state index contributed by atoms with van der Waals surface area (Å²) in [6.07, 6.45) is 0. The molecule has 0 fully saturated rings. The standard InChI is InChI=1S/C26H23N5O4/c1-16(17-9-3-2-4-10-17)28-25(34)20-13-7-8-14-21(20)29-22(32)15-31-26(35)19-12-6-5-11-18(19)23(30-31)24(27)33/h2-14,16H,15H2,1H3,(H2,27,33)(H,28,34)(H,29,32). The van der Waals surface area contributed by atoms with Crippen molar-refractivity contribution in [3.8, 4) is 0 Å². The third-order valence-electron chi connectivity index (χ3n) is 5.49. The van der Waals surface area contributed by atoms with Crippen LogP contribution in [0.25, 0.3) is 10.8 Å². The maximum atomic E-state index is 12.9. The number of hydrogen-bond acceptors (Lipinski definition) is 5. The molecule has 0 aliphatic heterocycles. The molecule has 4 N–H and O–H groups in total. The molecule has 0 aliphatic carbocycles. The first kappa shape index (κ1) is 23.4. The van der Waals surface area contributed by atoms with E-state index in [1.54, 1.807) is 42.5 Å². The molecule has 4 aromatic rings. The first-order valence-corrected chi connectivity index (χ1v) is 10.9. The van der Waals surface area contributed by atoms with Crippen LogP contribution in [0.3, 0.4) is 0 Å². The van der Waals surface area contributed by atoms with Crippen molar-refractivity contribution in [1.29, 1.82) is 0 Å². The van der Waals surface area contributed by atoms with E-state index in [9.17, 15) is 19.2 Å². The number of para-hydroxylation sites is 1. The van der Waals surface area contributed by atoms with Gasteiger partial charge in [0.2, 0.25) is 5.91 Å². The van der Waals surface area contributed by atoms with Gasteiger partial charge in [-0.2, -0.15) is 5.10 Å². The minimum absolute atomic E-state index is 0.109. The van der Waals surface area contributed by atoms with Gasteiger partial charge in [-0.1, -0.05) is 60.7 Å². The normalized spacial score (nSPS) is 11.6. The fourth-order valence-corrected chi connectivity index (χ4v) is 3.74. The highest BCUT2D eigenvalue weighted by Crippen LogP contribution is 2.18. The Labute approximate surface area is 200 Å². The van der Waals surface area contributed by atoms with Crippen LogP contribution >= 0.6 is 0 Å². The average molecular weight is 470 g/mol. The van der Waals surface area contributed by atoms with Crippen LogP contribution in [-0.2, 0) is 11.3 Å². The van der Waals surface area contributed by atoms with Crippen LogP contribution < -0.4 is 21.9 Å². The Morgan fingerprint density at radius 2 is 1.54 bits per heavy atom. The topological polar surface area (TPSA) is 136 Å². The molecule has 1 unspecified atom stereocenters. The highest BCUT2D eigenvalue weighted by molar-refractivity contribution is 6.05. The predicted molar refractivity (Wildman–Crippen MR) is 132 cm³/mol. The largest absolute Gasteiger partial charge is 0.364 e. The number of carbonyl (C=O) groups excluding carboxylic acids is 3. The molecule has 9 nitrogen and oxygen atoms in total. The van der Waals surface area contributed by atoms with Crippen LogP contribution in [0.1, 0.15) is 39.4 Å². The number of hydrogen-bond donors (Lipinski definition) is 3. The third-order valence-corrected chi connectivity index (χ3v) is 5.49. The molecule has 0 bridgehead atoms. The molecule has 1 aromatic heterocycles. The SMILES string of the molecule is CC(NC(=O)c1ccccc1NC(=O)Cn1nc(C(N)=O)c2ccccc2c1=O)c1ccccc1. The molecule has 176 valence electrons. The Kier molecular flexibility index (Phi) is 6.68. The summed E-state index contributed by atoms with van der Waals surface area (Å²) in [5, 5.41) is 10.1. The lowest BCUT2D eigenvalue weighted by Gasteiger charge is -2.16. The van der Waals surface area contributed by atoms with Crippen molar-refractivity contribution in [2.24, 2.45) is 5.73 Å². The molecular weight excluding hydrogens is 446 g/mol. The number of aromatic nitrogens is 2. The summed E-state index contributed by atoms with van der Waals surface area (Å²) in [6.45, 7) is 1.39. The summed E-state index contributed by atoms with van der Waals surface area (Å²) in [5.41, 5.74) is 6.26. The number of carbonyl (C=O) groups is 3. The second-order valence-corrected chi connectivity index (χ2v) is 7.92. The van der Waals surface area contributed by atoms with Crippen LogP contribution in [0.4, 0.5) is 5.69 Å². The van der Waals surface area contributed by atoms with Gasteiger partial charge in [0.05, 0.1) is 22.7 Å². The Bertz CT molecular complexity index is 1480. The molecule has 0 radical (unpaired) electrons. The Morgan fingerprint density at radius 1 is 0.914 bits per heavy atom. The Hall–Kier alpha value is -4.79. The van der Waals surface area contributed by atoms with E-state index in [-0.39, 0.29) is 34.3 Å². The molecule has 35 heavy (non-hydrogen) atoms. The quantitative estimate of drug-likeness (QED) is 0.382. The van der Waals surface area contributed by atoms with Crippen molar-refractivity contribution in [1.82, 2.24) is 15.1 Å². The van der Waals surface area contributed by atoms with Gasteiger partial charge in [0.1, 0.15) is 6.54 Å². The number of rotatable bonds is 7. The lowest BCUT2D eigenvalue weighted by atomic mass is 10.1. The molecule has 1 atom stereocenters. The summed E-state index contributed by atoms with van der Waals surface area (Å²) < 4.78 is 0.887. The summed E-state index contributed by atoms with van der Waals surface area (Å²) in [6, 6.07) is 22.2. The minimum Gasteiger partial charge on any atom is -0.364 e. The van der Waals surface area contributed by atoms with E-state index in [1.165, 1.54) is 6.07 Å². The molecule has 9 heteroatoms. The fourth-order valence-electron chi connectivity index (χ4n) is 3.74. The van der Waals surface area contributed by atoms with Crippen LogP contribution in [0.15, 0.2) is 83.7 Å². The highest BCUT2D eigenvalue weighted by Gasteiger charge is 2.18. The van der Waals surface area contributed by atoms with E-state index in [2.05, 4.69) is 15.7 Å². The maximum Gasteiger partial charge on any atom is 0.275 e.